The standard InChI is InChI=1S/C25H21N3/c1-16-4-9-19(10-5-16)24-22-15-26-23-13-8-18(3)14-21(23)25(22)28(27-24)20-11-6-17(2)7-12-20/h4-15H,1-3H3. The molecule has 28 heavy (non-hydrogen) atoms. The third kappa shape index (κ3) is 2.67. The summed E-state index contributed by atoms with van der Waals surface area (Å²) < 4.78 is 2.06. The van der Waals surface area contributed by atoms with Crippen molar-refractivity contribution in [3.05, 3.63) is 89.6 Å². The first-order chi connectivity index (χ1) is 13.6. The molecule has 0 unspecified atom stereocenters. The van der Waals surface area contributed by atoms with Gasteiger partial charge in [-0.05, 0) is 45.0 Å². The highest BCUT2D eigenvalue weighted by atomic mass is 15.3. The molecule has 3 aromatic carbocycles. The quantitative estimate of drug-likeness (QED) is 0.376. The average Bonchev–Trinajstić information content (AvgIpc) is 3.09. The van der Waals surface area contributed by atoms with Crippen molar-refractivity contribution in [1.29, 1.82) is 0 Å². The Morgan fingerprint density at radius 1 is 0.679 bits per heavy atom. The maximum Gasteiger partial charge on any atom is 0.102 e. The number of fused-ring (bicyclic) bond motifs is 3. The fraction of sp³-hybridized carbons (Fsp3) is 0.120. The molecule has 2 heterocycles. The first-order valence-corrected chi connectivity index (χ1v) is 9.52. The molecule has 3 nitrogen and oxygen atoms in total. The van der Waals surface area contributed by atoms with Gasteiger partial charge in [0.2, 0.25) is 0 Å². The van der Waals surface area contributed by atoms with E-state index in [4.69, 9.17) is 10.1 Å². The van der Waals surface area contributed by atoms with Gasteiger partial charge >= 0.3 is 0 Å². The Morgan fingerprint density at radius 2 is 1.32 bits per heavy atom. The lowest BCUT2D eigenvalue weighted by molar-refractivity contribution is 0.917. The van der Waals surface area contributed by atoms with Crippen LogP contribution in [0.5, 0.6) is 0 Å². The molecule has 5 aromatic rings. The number of nitrogens with zero attached hydrogens (tertiary/aromatic N) is 3. The zero-order valence-electron chi connectivity index (χ0n) is 16.3. The number of benzene rings is 3. The van der Waals surface area contributed by atoms with Crippen molar-refractivity contribution in [3.63, 3.8) is 0 Å². The van der Waals surface area contributed by atoms with Crippen LogP contribution in [0.3, 0.4) is 0 Å². The number of pyridine rings is 1. The van der Waals surface area contributed by atoms with Crippen LogP contribution in [-0.4, -0.2) is 14.8 Å². The fourth-order valence-electron chi connectivity index (χ4n) is 3.70. The summed E-state index contributed by atoms with van der Waals surface area (Å²) in [6, 6.07) is 23.4. The van der Waals surface area contributed by atoms with Crippen LogP contribution in [0.15, 0.2) is 72.9 Å². The van der Waals surface area contributed by atoms with Crippen LogP contribution in [0.1, 0.15) is 16.7 Å². The number of hydrogen-bond donors (Lipinski definition) is 0. The first kappa shape index (κ1) is 16.7. The molecule has 0 amide bonds. The minimum Gasteiger partial charge on any atom is -0.255 e. The molecule has 0 radical (unpaired) electrons. The Hall–Kier alpha value is -3.46. The lowest BCUT2D eigenvalue weighted by atomic mass is 10.0. The second-order valence-electron chi connectivity index (χ2n) is 7.50. The Kier molecular flexibility index (Phi) is 3.76. The van der Waals surface area contributed by atoms with Crippen LogP contribution < -0.4 is 0 Å². The molecule has 0 aliphatic heterocycles. The Bertz CT molecular complexity index is 1310. The second-order valence-corrected chi connectivity index (χ2v) is 7.50. The molecular formula is C25H21N3. The van der Waals surface area contributed by atoms with E-state index in [2.05, 4.69) is 92.2 Å². The average molecular weight is 363 g/mol. The number of aryl methyl sites for hydroxylation is 3. The smallest absolute Gasteiger partial charge is 0.102 e. The van der Waals surface area contributed by atoms with Gasteiger partial charge in [0.15, 0.2) is 0 Å². The summed E-state index contributed by atoms with van der Waals surface area (Å²) in [4.78, 5) is 4.72. The van der Waals surface area contributed by atoms with Crippen LogP contribution in [0, 0.1) is 20.8 Å². The Balaban J connectivity index is 1.90. The first-order valence-electron chi connectivity index (χ1n) is 9.52. The van der Waals surface area contributed by atoms with Crippen LogP contribution in [-0.2, 0) is 0 Å². The predicted molar refractivity (Wildman–Crippen MR) is 116 cm³/mol. The summed E-state index contributed by atoms with van der Waals surface area (Å²) in [5, 5.41) is 7.25. The van der Waals surface area contributed by atoms with E-state index in [0.717, 1.165) is 38.8 Å². The Morgan fingerprint density at radius 3 is 2.04 bits per heavy atom. The van der Waals surface area contributed by atoms with Gasteiger partial charge < -0.3 is 0 Å². The molecule has 0 spiro atoms. The lowest BCUT2D eigenvalue weighted by Gasteiger charge is -2.07. The van der Waals surface area contributed by atoms with Gasteiger partial charge in [-0.1, -0.05) is 59.2 Å². The van der Waals surface area contributed by atoms with Gasteiger partial charge in [0.25, 0.3) is 0 Å². The largest absolute Gasteiger partial charge is 0.255 e. The van der Waals surface area contributed by atoms with Gasteiger partial charge in [-0.3, -0.25) is 4.98 Å². The van der Waals surface area contributed by atoms with E-state index in [-0.39, 0.29) is 0 Å². The SMILES string of the molecule is Cc1ccc(-c2nn(-c3ccc(C)cc3)c3c2cnc2ccc(C)cc23)cc1. The van der Waals surface area contributed by atoms with Crippen molar-refractivity contribution in [2.75, 3.05) is 0 Å². The molecule has 0 saturated carbocycles. The molecular weight excluding hydrogens is 342 g/mol. The topological polar surface area (TPSA) is 30.7 Å². The molecule has 0 bridgehead atoms. The van der Waals surface area contributed by atoms with Gasteiger partial charge in [-0.25, -0.2) is 4.68 Å². The molecule has 0 atom stereocenters. The fourth-order valence-corrected chi connectivity index (χ4v) is 3.70. The number of aromatic nitrogens is 3. The third-order valence-corrected chi connectivity index (χ3v) is 5.27. The van der Waals surface area contributed by atoms with E-state index in [1.54, 1.807) is 0 Å². The highest BCUT2D eigenvalue weighted by molar-refractivity contribution is 6.08. The van der Waals surface area contributed by atoms with Crippen LogP contribution in [0.4, 0.5) is 0 Å². The van der Waals surface area contributed by atoms with Gasteiger partial charge in [0, 0.05) is 22.5 Å². The van der Waals surface area contributed by atoms with E-state index in [0.29, 0.717) is 0 Å². The molecule has 0 saturated heterocycles. The van der Waals surface area contributed by atoms with Crippen LogP contribution in [0.2, 0.25) is 0 Å². The monoisotopic (exact) mass is 363 g/mol. The van der Waals surface area contributed by atoms with Gasteiger partial charge in [0.05, 0.1) is 16.7 Å². The second kappa shape index (κ2) is 6.31. The van der Waals surface area contributed by atoms with E-state index in [1.807, 2.05) is 6.20 Å². The summed E-state index contributed by atoms with van der Waals surface area (Å²) >= 11 is 0. The van der Waals surface area contributed by atoms with Crippen molar-refractivity contribution in [2.45, 2.75) is 20.8 Å². The highest BCUT2D eigenvalue weighted by Gasteiger charge is 2.17. The molecule has 0 N–H and O–H groups in total. The van der Waals surface area contributed by atoms with Gasteiger partial charge in [-0.15, -0.1) is 0 Å². The van der Waals surface area contributed by atoms with E-state index in [9.17, 15) is 0 Å². The maximum absolute atomic E-state index is 5.05. The van der Waals surface area contributed by atoms with Crippen molar-refractivity contribution < 1.29 is 0 Å². The van der Waals surface area contributed by atoms with E-state index >= 15 is 0 Å². The van der Waals surface area contributed by atoms with E-state index in [1.165, 1.54) is 16.7 Å². The maximum atomic E-state index is 5.05. The van der Waals surface area contributed by atoms with Crippen molar-refractivity contribution in [3.8, 4) is 16.9 Å². The summed E-state index contributed by atoms with van der Waals surface area (Å²) in [6.45, 7) is 6.32. The van der Waals surface area contributed by atoms with Gasteiger partial charge in [-0.2, -0.15) is 5.10 Å². The summed E-state index contributed by atoms with van der Waals surface area (Å²) in [7, 11) is 0. The summed E-state index contributed by atoms with van der Waals surface area (Å²) in [5.74, 6) is 0. The van der Waals surface area contributed by atoms with Crippen molar-refractivity contribution in [2.24, 2.45) is 0 Å². The molecule has 5 rings (SSSR count). The Labute approximate surface area is 164 Å². The molecule has 2 aromatic heterocycles. The van der Waals surface area contributed by atoms with Gasteiger partial charge in [0.1, 0.15) is 5.69 Å². The molecule has 136 valence electrons. The van der Waals surface area contributed by atoms with Crippen molar-refractivity contribution in [1.82, 2.24) is 14.8 Å². The van der Waals surface area contributed by atoms with Crippen LogP contribution >= 0.6 is 0 Å². The zero-order chi connectivity index (χ0) is 19.3. The van der Waals surface area contributed by atoms with Crippen molar-refractivity contribution >= 4 is 21.8 Å². The lowest BCUT2D eigenvalue weighted by Crippen LogP contribution is -1.97. The molecule has 0 aliphatic carbocycles. The normalized spacial score (nSPS) is 11.4. The zero-order valence-corrected chi connectivity index (χ0v) is 16.3. The molecule has 3 heteroatoms. The number of hydrogen-bond acceptors (Lipinski definition) is 2. The summed E-state index contributed by atoms with van der Waals surface area (Å²) in [5.41, 5.74) is 8.92. The predicted octanol–water partition coefficient (Wildman–Crippen LogP) is 6.17. The summed E-state index contributed by atoms with van der Waals surface area (Å²) in [6.07, 6.45) is 1.96. The number of rotatable bonds is 2. The minimum absolute atomic E-state index is 0.964. The van der Waals surface area contributed by atoms with E-state index < -0.39 is 0 Å². The highest BCUT2D eigenvalue weighted by Crippen LogP contribution is 2.34. The minimum atomic E-state index is 0.964. The molecule has 0 aliphatic rings. The third-order valence-electron chi connectivity index (χ3n) is 5.27. The van der Waals surface area contributed by atoms with Crippen LogP contribution in [0.25, 0.3) is 38.8 Å². The molecule has 0 fully saturated rings.